The predicted molar refractivity (Wildman–Crippen MR) is 138 cm³/mol. The van der Waals surface area contributed by atoms with Crippen LogP contribution in [-0.2, 0) is 13.1 Å². The number of aromatic amines is 1. The Labute approximate surface area is 210 Å². The Kier molecular flexibility index (Phi) is 6.96. The van der Waals surface area contributed by atoms with Crippen LogP contribution in [0.25, 0.3) is 10.9 Å². The van der Waals surface area contributed by atoms with Gasteiger partial charge in [-0.05, 0) is 77.4 Å². The number of fused-ring (bicyclic) bond motifs is 1. The SMILES string of the molecule is Cc1ccc2[nH]c(=O)c(CN(Cc3ccc(F)cc3)[C@H](c3nnnn3C3CCCC3)C(C)C)cc2c1. The van der Waals surface area contributed by atoms with E-state index < -0.39 is 0 Å². The molecule has 5 rings (SSSR count). The lowest BCUT2D eigenvalue weighted by Crippen LogP contribution is -2.35. The minimum atomic E-state index is -0.266. The number of hydrogen-bond acceptors (Lipinski definition) is 5. The number of pyridine rings is 1. The van der Waals surface area contributed by atoms with Crippen LogP contribution in [0.1, 0.15) is 74.1 Å². The van der Waals surface area contributed by atoms with Gasteiger partial charge < -0.3 is 4.98 Å². The van der Waals surface area contributed by atoms with Gasteiger partial charge in [-0.15, -0.1) is 5.10 Å². The maximum absolute atomic E-state index is 13.7. The third-order valence-corrected chi connectivity index (χ3v) is 7.23. The number of nitrogens with one attached hydrogen (secondary N) is 1. The minimum Gasteiger partial charge on any atom is -0.322 e. The molecule has 36 heavy (non-hydrogen) atoms. The van der Waals surface area contributed by atoms with Crippen LogP contribution in [0.15, 0.2) is 53.3 Å². The summed E-state index contributed by atoms with van der Waals surface area (Å²) < 4.78 is 15.7. The average molecular weight is 489 g/mol. The molecule has 1 aliphatic carbocycles. The molecule has 0 amide bonds. The molecular weight excluding hydrogens is 455 g/mol. The second-order valence-corrected chi connectivity index (χ2v) is 10.4. The van der Waals surface area contributed by atoms with Crippen LogP contribution in [-0.4, -0.2) is 30.1 Å². The average Bonchev–Trinajstić information content (AvgIpc) is 3.53. The topological polar surface area (TPSA) is 79.7 Å². The maximum Gasteiger partial charge on any atom is 0.252 e. The Morgan fingerprint density at radius 2 is 1.83 bits per heavy atom. The number of nitrogens with zero attached hydrogens (tertiary/aromatic N) is 5. The smallest absolute Gasteiger partial charge is 0.252 e. The first-order valence-corrected chi connectivity index (χ1v) is 12.8. The lowest BCUT2D eigenvalue weighted by atomic mass is 9.99. The molecule has 0 radical (unpaired) electrons. The Morgan fingerprint density at radius 1 is 1.08 bits per heavy atom. The zero-order valence-electron chi connectivity index (χ0n) is 21.1. The third kappa shape index (κ3) is 5.09. The Morgan fingerprint density at radius 3 is 2.56 bits per heavy atom. The molecule has 7 nitrogen and oxygen atoms in total. The molecule has 1 saturated carbocycles. The Bertz CT molecular complexity index is 1390. The molecule has 1 fully saturated rings. The molecule has 0 aliphatic heterocycles. The van der Waals surface area contributed by atoms with Crippen molar-refractivity contribution < 1.29 is 4.39 Å². The molecule has 0 bridgehead atoms. The van der Waals surface area contributed by atoms with Crippen LogP contribution in [0.4, 0.5) is 4.39 Å². The molecule has 2 heterocycles. The molecule has 8 heteroatoms. The summed E-state index contributed by atoms with van der Waals surface area (Å²) in [6.07, 6.45) is 4.51. The van der Waals surface area contributed by atoms with E-state index in [1.165, 1.54) is 25.0 Å². The fourth-order valence-corrected chi connectivity index (χ4v) is 5.47. The number of tetrazole rings is 1. The largest absolute Gasteiger partial charge is 0.322 e. The first-order valence-electron chi connectivity index (χ1n) is 12.8. The van der Waals surface area contributed by atoms with Crippen LogP contribution >= 0.6 is 0 Å². The molecule has 188 valence electrons. The molecule has 2 aromatic heterocycles. The normalized spacial score (nSPS) is 15.4. The monoisotopic (exact) mass is 488 g/mol. The Balaban J connectivity index is 1.56. The van der Waals surface area contributed by atoms with Gasteiger partial charge in [0.15, 0.2) is 5.82 Å². The van der Waals surface area contributed by atoms with Gasteiger partial charge in [0, 0.05) is 24.2 Å². The van der Waals surface area contributed by atoms with Crippen LogP contribution in [0.3, 0.4) is 0 Å². The van der Waals surface area contributed by atoms with Crippen molar-refractivity contribution >= 4 is 10.9 Å². The number of H-pyrrole nitrogens is 1. The van der Waals surface area contributed by atoms with E-state index >= 15 is 0 Å². The Hall–Kier alpha value is -3.39. The molecule has 2 aromatic carbocycles. The van der Waals surface area contributed by atoms with E-state index in [0.717, 1.165) is 40.7 Å². The molecule has 0 unspecified atom stereocenters. The summed E-state index contributed by atoms with van der Waals surface area (Å²) in [5.41, 5.74) is 3.51. The fraction of sp³-hybridized carbons (Fsp3) is 0.429. The third-order valence-electron chi connectivity index (χ3n) is 7.23. The van der Waals surface area contributed by atoms with Crippen LogP contribution in [0.2, 0.25) is 0 Å². The van der Waals surface area contributed by atoms with Crippen molar-refractivity contribution in [3.05, 3.63) is 87.2 Å². The predicted octanol–water partition coefficient (Wildman–Crippen LogP) is 5.48. The second kappa shape index (κ2) is 10.3. The number of aromatic nitrogens is 5. The molecule has 1 atom stereocenters. The summed E-state index contributed by atoms with van der Waals surface area (Å²) in [6.45, 7) is 7.31. The first kappa shape index (κ1) is 24.3. The van der Waals surface area contributed by atoms with Crippen molar-refractivity contribution in [3.63, 3.8) is 0 Å². The maximum atomic E-state index is 13.7. The summed E-state index contributed by atoms with van der Waals surface area (Å²) in [7, 11) is 0. The van der Waals surface area contributed by atoms with E-state index in [1.54, 1.807) is 12.1 Å². The number of halogens is 1. The number of hydrogen-bond donors (Lipinski definition) is 1. The van der Waals surface area contributed by atoms with Crippen molar-refractivity contribution in [2.24, 2.45) is 5.92 Å². The van der Waals surface area contributed by atoms with Gasteiger partial charge in [0.1, 0.15) is 5.82 Å². The molecule has 1 N–H and O–H groups in total. The van der Waals surface area contributed by atoms with E-state index in [9.17, 15) is 9.18 Å². The van der Waals surface area contributed by atoms with Gasteiger partial charge in [-0.2, -0.15) is 0 Å². The first-order chi connectivity index (χ1) is 17.4. The van der Waals surface area contributed by atoms with Crippen molar-refractivity contribution in [2.75, 3.05) is 0 Å². The molecule has 0 spiro atoms. The van der Waals surface area contributed by atoms with Crippen LogP contribution in [0.5, 0.6) is 0 Å². The van der Waals surface area contributed by atoms with E-state index in [2.05, 4.69) is 45.3 Å². The summed E-state index contributed by atoms with van der Waals surface area (Å²) >= 11 is 0. The van der Waals surface area contributed by atoms with Gasteiger partial charge in [0.05, 0.1) is 12.1 Å². The lowest BCUT2D eigenvalue weighted by Gasteiger charge is -2.34. The quantitative estimate of drug-likeness (QED) is 0.355. The second-order valence-electron chi connectivity index (χ2n) is 10.4. The lowest BCUT2D eigenvalue weighted by molar-refractivity contribution is 0.123. The highest BCUT2D eigenvalue weighted by Gasteiger charge is 2.32. The zero-order chi connectivity index (χ0) is 25.2. The van der Waals surface area contributed by atoms with E-state index in [1.807, 2.05) is 29.8 Å². The summed E-state index contributed by atoms with van der Waals surface area (Å²) in [6, 6.07) is 14.7. The van der Waals surface area contributed by atoms with Gasteiger partial charge in [-0.1, -0.05) is 50.5 Å². The summed E-state index contributed by atoms with van der Waals surface area (Å²) in [5, 5.41) is 14.0. The highest BCUT2D eigenvalue weighted by molar-refractivity contribution is 5.79. The van der Waals surface area contributed by atoms with E-state index in [0.29, 0.717) is 24.7 Å². The molecule has 1 aliphatic rings. The molecule has 0 saturated heterocycles. The minimum absolute atomic E-state index is 0.103. The van der Waals surface area contributed by atoms with E-state index in [4.69, 9.17) is 0 Å². The number of aryl methyl sites for hydroxylation is 1. The van der Waals surface area contributed by atoms with Crippen molar-refractivity contribution in [1.29, 1.82) is 0 Å². The summed E-state index contributed by atoms with van der Waals surface area (Å²) in [5.74, 6) is 0.739. The van der Waals surface area contributed by atoms with Gasteiger partial charge in [0.25, 0.3) is 5.56 Å². The van der Waals surface area contributed by atoms with E-state index in [-0.39, 0.29) is 23.3 Å². The molecule has 4 aromatic rings. The van der Waals surface area contributed by atoms with Gasteiger partial charge in [-0.25, -0.2) is 9.07 Å². The number of rotatable bonds is 8. The van der Waals surface area contributed by atoms with Gasteiger partial charge in [0.2, 0.25) is 0 Å². The van der Waals surface area contributed by atoms with Gasteiger partial charge >= 0.3 is 0 Å². The number of benzene rings is 2. The van der Waals surface area contributed by atoms with Crippen LogP contribution in [0, 0.1) is 18.7 Å². The fourth-order valence-electron chi connectivity index (χ4n) is 5.47. The highest BCUT2D eigenvalue weighted by atomic mass is 19.1. The van der Waals surface area contributed by atoms with Crippen molar-refractivity contribution in [3.8, 4) is 0 Å². The molecular formula is C28H33FN6O. The summed E-state index contributed by atoms with van der Waals surface area (Å²) in [4.78, 5) is 18.4. The zero-order valence-corrected chi connectivity index (χ0v) is 21.1. The van der Waals surface area contributed by atoms with Gasteiger partial charge in [-0.3, -0.25) is 9.69 Å². The van der Waals surface area contributed by atoms with Crippen LogP contribution < -0.4 is 5.56 Å². The van der Waals surface area contributed by atoms with Crippen molar-refractivity contribution in [2.45, 2.75) is 71.6 Å². The highest BCUT2D eigenvalue weighted by Crippen LogP contribution is 2.35. The standard InChI is InChI=1S/C28H33FN6O/c1-18(2)26(27-31-32-33-35(27)24-6-4-5-7-24)34(16-20-9-11-23(29)12-10-20)17-22-15-21-14-19(3)8-13-25(21)30-28(22)36/h8-15,18,24,26H,4-7,16-17H2,1-3H3,(H,30,36)/t26-/m0/s1. The van der Waals surface area contributed by atoms with Crippen molar-refractivity contribution in [1.82, 2.24) is 30.1 Å².